The van der Waals surface area contributed by atoms with Gasteiger partial charge in [-0.25, -0.2) is 13.8 Å². The third-order valence-electron chi connectivity index (χ3n) is 2.32. The number of aliphatic hydroxyl groups is 1. The van der Waals surface area contributed by atoms with Crippen molar-refractivity contribution in [1.82, 2.24) is 4.98 Å². The summed E-state index contributed by atoms with van der Waals surface area (Å²) in [6, 6.07) is 6.03. The molecule has 0 fully saturated rings. The summed E-state index contributed by atoms with van der Waals surface area (Å²) in [5.41, 5.74) is 0.385. The van der Waals surface area contributed by atoms with Gasteiger partial charge in [-0.2, -0.15) is 0 Å². The largest absolute Gasteiger partial charge is 0.383 e. The SMILES string of the molecule is OC(c1ccc(Cl)nc1)c1ccc(F)cc1F. The molecule has 0 saturated heterocycles. The van der Waals surface area contributed by atoms with Crippen molar-refractivity contribution < 1.29 is 13.9 Å². The van der Waals surface area contributed by atoms with Crippen LogP contribution in [0.3, 0.4) is 0 Å². The molecule has 2 nitrogen and oxygen atoms in total. The van der Waals surface area contributed by atoms with Gasteiger partial charge in [0.05, 0.1) is 0 Å². The van der Waals surface area contributed by atoms with E-state index in [-0.39, 0.29) is 10.7 Å². The Morgan fingerprint density at radius 1 is 1.18 bits per heavy atom. The molecule has 0 amide bonds. The molecule has 1 N–H and O–H groups in total. The zero-order valence-corrected chi connectivity index (χ0v) is 9.33. The lowest BCUT2D eigenvalue weighted by Gasteiger charge is -2.11. The standard InChI is InChI=1S/C12H8ClF2NO/c13-11-4-1-7(6-16-11)12(17)9-3-2-8(14)5-10(9)15/h1-6,12,17H. The van der Waals surface area contributed by atoms with E-state index in [1.165, 1.54) is 24.4 Å². The summed E-state index contributed by atoms with van der Waals surface area (Å²) in [4.78, 5) is 3.78. The first-order chi connectivity index (χ1) is 8.08. The van der Waals surface area contributed by atoms with E-state index in [1.807, 2.05) is 0 Å². The predicted octanol–water partition coefficient (Wildman–Crippen LogP) is 3.09. The molecule has 17 heavy (non-hydrogen) atoms. The van der Waals surface area contributed by atoms with E-state index in [4.69, 9.17) is 11.6 Å². The lowest BCUT2D eigenvalue weighted by atomic mass is 10.0. The summed E-state index contributed by atoms with van der Waals surface area (Å²) in [5.74, 6) is -1.49. The van der Waals surface area contributed by atoms with Crippen molar-refractivity contribution in [3.8, 4) is 0 Å². The highest BCUT2D eigenvalue weighted by Gasteiger charge is 2.15. The minimum absolute atomic E-state index is 0.00415. The molecular formula is C12H8ClF2NO. The summed E-state index contributed by atoms with van der Waals surface area (Å²) in [7, 11) is 0. The Balaban J connectivity index is 2.36. The molecule has 0 bridgehead atoms. The van der Waals surface area contributed by atoms with Crippen molar-refractivity contribution in [2.75, 3.05) is 0 Å². The van der Waals surface area contributed by atoms with Crippen LogP contribution in [0.1, 0.15) is 17.2 Å². The lowest BCUT2D eigenvalue weighted by Crippen LogP contribution is -2.03. The fraction of sp³-hybridized carbons (Fsp3) is 0.0833. The lowest BCUT2D eigenvalue weighted by molar-refractivity contribution is 0.214. The van der Waals surface area contributed by atoms with Crippen molar-refractivity contribution in [3.05, 3.63) is 64.4 Å². The second-order valence-electron chi connectivity index (χ2n) is 3.48. The van der Waals surface area contributed by atoms with Crippen molar-refractivity contribution >= 4 is 11.6 Å². The zero-order valence-electron chi connectivity index (χ0n) is 8.57. The quantitative estimate of drug-likeness (QED) is 0.837. The van der Waals surface area contributed by atoms with Gasteiger partial charge >= 0.3 is 0 Å². The number of rotatable bonds is 2. The average Bonchev–Trinajstić information content (AvgIpc) is 2.29. The van der Waals surface area contributed by atoms with E-state index in [0.29, 0.717) is 5.56 Å². The summed E-state index contributed by atoms with van der Waals surface area (Å²) in [6.45, 7) is 0. The maximum atomic E-state index is 13.4. The maximum absolute atomic E-state index is 13.4. The van der Waals surface area contributed by atoms with Crippen molar-refractivity contribution in [2.45, 2.75) is 6.10 Å². The van der Waals surface area contributed by atoms with Crippen LogP contribution < -0.4 is 0 Å². The highest BCUT2D eigenvalue weighted by atomic mass is 35.5. The molecule has 88 valence electrons. The molecule has 0 aliphatic carbocycles. The summed E-state index contributed by atoms with van der Waals surface area (Å²) >= 11 is 5.60. The van der Waals surface area contributed by atoms with Gasteiger partial charge in [-0.15, -0.1) is 0 Å². The Kier molecular flexibility index (Phi) is 3.36. The molecule has 0 saturated carbocycles. The van der Waals surface area contributed by atoms with E-state index in [9.17, 15) is 13.9 Å². The van der Waals surface area contributed by atoms with Crippen molar-refractivity contribution in [2.24, 2.45) is 0 Å². The van der Waals surface area contributed by atoms with Crippen LogP contribution in [0.4, 0.5) is 8.78 Å². The van der Waals surface area contributed by atoms with E-state index in [1.54, 1.807) is 0 Å². The summed E-state index contributed by atoms with van der Waals surface area (Å²) < 4.78 is 26.1. The summed E-state index contributed by atoms with van der Waals surface area (Å²) in [6.07, 6.45) is 0.149. The molecule has 1 aromatic carbocycles. The maximum Gasteiger partial charge on any atom is 0.132 e. The number of pyridine rings is 1. The Morgan fingerprint density at radius 2 is 1.94 bits per heavy atom. The number of nitrogens with zero attached hydrogens (tertiary/aromatic N) is 1. The molecular weight excluding hydrogens is 248 g/mol. The first-order valence-electron chi connectivity index (χ1n) is 4.82. The molecule has 0 spiro atoms. The van der Waals surface area contributed by atoms with Gasteiger partial charge in [0.1, 0.15) is 22.9 Å². The van der Waals surface area contributed by atoms with Gasteiger partial charge in [-0.3, -0.25) is 0 Å². The zero-order chi connectivity index (χ0) is 12.4. The molecule has 0 aliphatic rings. The number of hydrogen-bond acceptors (Lipinski definition) is 2. The van der Waals surface area contributed by atoms with Crippen LogP contribution in [-0.4, -0.2) is 10.1 Å². The van der Waals surface area contributed by atoms with Gasteiger partial charge in [0.2, 0.25) is 0 Å². The number of halogens is 3. The Hall–Kier alpha value is -1.52. The molecule has 0 radical (unpaired) electrons. The molecule has 1 aromatic heterocycles. The first-order valence-corrected chi connectivity index (χ1v) is 5.20. The highest BCUT2D eigenvalue weighted by Crippen LogP contribution is 2.24. The second-order valence-corrected chi connectivity index (χ2v) is 3.87. The summed E-state index contributed by atoms with van der Waals surface area (Å²) in [5, 5.41) is 10.2. The smallest absolute Gasteiger partial charge is 0.132 e. The fourth-order valence-electron chi connectivity index (χ4n) is 1.45. The van der Waals surface area contributed by atoms with E-state index >= 15 is 0 Å². The third-order valence-corrected chi connectivity index (χ3v) is 2.55. The van der Waals surface area contributed by atoms with Crippen LogP contribution in [0.5, 0.6) is 0 Å². The van der Waals surface area contributed by atoms with Gasteiger partial charge in [0.15, 0.2) is 0 Å². The molecule has 1 unspecified atom stereocenters. The van der Waals surface area contributed by atoms with Gasteiger partial charge in [-0.05, 0) is 12.1 Å². The Labute approximate surface area is 102 Å². The third kappa shape index (κ3) is 2.60. The van der Waals surface area contributed by atoms with Gasteiger partial charge in [-0.1, -0.05) is 23.7 Å². The number of hydrogen-bond donors (Lipinski definition) is 1. The van der Waals surface area contributed by atoms with Crippen LogP contribution in [0.2, 0.25) is 5.15 Å². The van der Waals surface area contributed by atoms with Gasteiger partial charge in [0.25, 0.3) is 0 Å². The predicted molar refractivity (Wildman–Crippen MR) is 59.7 cm³/mol. The highest BCUT2D eigenvalue weighted by molar-refractivity contribution is 6.29. The van der Waals surface area contributed by atoms with Crippen LogP contribution >= 0.6 is 11.6 Å². The Bertz CT molecular complexity index is 531. The van der Waals surface area contributed by atoms with E-state index in [0.717, 1.165) is 12.1 Å². The minimum atomic E-state index is -1.19. The minimum Gasteiger partial charge on any atom is -0.383 e. The van der Waals surface area contributed by atoms with Crippen molar-refractivity contribution in [1.29, 1.82) is 0 Å². The van der Waals surface area contributed by atoms with E-state index in [2.05, 4.69) is 4.98 Å². The number of aromatic nitrogens is 1. The van der Waals surface area contributed by atoms with Crippen LogP contribution in [0.15, 0.2) is 36.5 Å². The Morgan fingerprint density at radius 3 is 2.53 bits per heavy atom. The molecule has 1 atom stereocenters. The monoisotopic (exact) mass is 255 g/mol. The number of benzene rings is 1. The van der Waals surface area contributed by atoms with E-state index < -0.39 is 17.7 Å². The molecule has 5 heteroatoms. The fourth-order valence-corrected chi connectivity index (χ4v) is 1.56. The molecule has 2 rings (SSSR count). The van der Waals surface area contributed by atoms with Crippen LogP contribution in [0, 0.1) is 11.6 Å². The van der Waals surface area contributed by atoms with Crippen LogP contribution in [0.25, 0.3) is 0 Å². The first kappa shape index (κ1) is 12.0. The average molecular weight is 256 g/mol. The van der Waals surface area contributed by atoms with Crippen molar-refractivity contribution in [3.63, 3.8) is 0 Å². The second kappa shape index (κ2) is 4.77. The number of aliphatic hydroxyl groups excluding tert-OH is 1. The topological polar surface area (TPSA) is 33.1 Å². The molecule has 1 heterocycles. The van der Waals surface area contributed by atoms with Gasteiger partial charge < -0.3 is 5.11 Å². The normalized spacial score (nSPS) is 12.5. The van der Waals surface area contributed by atoms with Crippen LogP contribution in [-0.2, 0) is 0 Å². The molecule has 2 aromatic rings. The van der Waals surface area contributed by atoms with Gasteiger partial charge in [0, 0.05) is 23.4 Å². The molecule has 0 aliphatic heterocycles.